The first-order valence-electron chi connectivity index (χ1n) is 6.21. The molecule has 0 bridgehead atoms. The van der Waals surface area contributed by atoms with E-state index in [1.54, 1.807) is 24.3 Å². The fourth-order valence-corrected chi connectivity index (χ4v) is 1.55. The molecule has 0 heterocycles. The maximum Gasteiger partial charge on any atom is 0.326 e. The molecule has 0 unspecified atom stereocenters. The van der Waals surface area contributed by atoms with Crippen molar-refractivity contribution in [2.75, 3.05) is 18.5 Å². The Bertz CT molecular complexity index is 464. The summed E-state index contributed by atoms with van der Waals surface area (Å²) in [6.07, 6.45) is -0.0597. The molecular formula is C13H18N2O5. The molecule has 7 heteroatoms. The fourth-order valence-electron chi connectivity index (χ4n) is 1.55. The van der Waals surface area contributed by atoms with Crippen molar-refractivity contribution >= 4 is 17.7 Å². The topological polar surface area (TPSA) is 108 Å². The zero-order valence-electron chi connectivity index (χ0n) is 11.1. The van der Waals surface area contributed by atoms with Crippen LogP contribution in [-0.2, 0) is 4.79 Å². The van der Waals surface area contributed by atoms with Gasteiger partial charge in [0.2, 0.25) is 0 Å². The van der Waals surface area contributed by atoms with Gasteiger partial charge in [-0.3, -0.25) is 0 Å². The Morgan fingerprint density at radius 3 is 2.65 bits per heavy atom. The summed E-state index contributed by atoms with van der Waals surface area (Å²) in [6, 6.07) is 5.02. The summed E-state index contributed by atoms with van der Waals surface area (Å²) in [4.78, 5) is 22.6. The minimum Gasteiger partial charge on any atom is -0.492 e. The molecule has 1 aromatic carbocycles. The van der Waals surface area contributed by atoms with Crippen LogP contribution in [0.25, 0.3) is 0 Å². The van der Waals surface area contributed by atoms with Crippen LogP contribution in [0.2, 0.25) is 0 Å². The third kappa shape index (κ3) is 4.77. The minimum atomic E-state index is -1.20. The van der Waals surface area contributed by atoms with Gasteiger partial charge in [0.15, 0.2) is 0 Å². The van der Waals surface area contributed by atoms with Gasteiger partial charge in [0.1, 0.15) is 11.8 Å². The van der Waals surface area contributed by atoms with Gasteiger partial charge in [-0.05, 0) is 19.1 Å². The first kappa shape index (κ1) is 15.8. The molecule has 0 spiro atoms. The average molecular weight is 282 g/mol. The van der Waals surface area contributed by atoms with Crippen molar-refractivity contribution in [2.24, 2.45) is 0 Å². The van der Waals surface area contributed by atoms with Gasteiger partial charge in [0.25, 0.3) is 0 Å². The van der Waals surface area contributed by atoms with Gasteiger partial charge in [-0.25, -0.2) is 9.59 Å². The molecule has 0 fully saturated rings. The molecule has 1 atom stereocenters. The van der Waals surface area contributed by atoms with Crippen LogP contribution in [0, 0.1) is 0 Å². The molecule has 0 saturated heterocycles. The van der Waals surface area contributed by atoms with Crippen molar-refractivity contribution in [3.8, 4) is 5.75 Å². The summed E-state index contributed by atoms with van der Waals surface area (Å²) < 4.78 is 5.34. The number of carboxylic acid groups (broad SMARTS) is 1. The highest BCUT2D eigenvalue weighted by Crippen LogP contribution is 2.23. The Morgan fingerprint density at radius 1 is 1.35 bits per heavy atom. The molecule has 0 radical (unpaired) electrons. The highest BCUT2D eigenvalue weighted by atomic mass is 16.5. The lowest BCUT2D eigenvalue weighted by Gasteiger charge is -2.15. The van der Waals surface area contributed by atoms with Crippen molar-refractivity contribution in [3.05, 3.63) is 24.3 Å². The third-order valence-corrected chi connectivity index (χ3v) is 2.46. The van der Waals surface area contributed by atoms with Crippen molar-refractivity contribution in [2.45, 2.75) is 19.4 Å². The summed E-state index contributed by atoms with van der Waals surface area (Å²) in [6.45, 7) is 1.94. The second-order valence-corrected chi connectivity index (χ2v) is 3.93. The summed E-state index contributed by atoms with van der Waals surface area (Å²) in [5.74, 6) is -0.702. The molecular weight excluding hydrogens is 264 g/mol. The van der Waals surface area contributed by atoms with Crippen molar-refractivity contribution in [3.63, 3.8) is 0 Å². The maximum absolute atomic E-state index is 11.7. The number of aliphatic hydroxyl groups excluding tert-OH is 1. The van der Waals surface area contributed by atoms with E-state index in [1.807, 2.05) is 6.92 Å². The minimum absolute atomic E-state index is 0.0597. The summed E-state index contributed by atoms with van der Waals surface area (Å²) >= 11 is 0. The third-order valence-electron chi connectivity index (χ3n) is 2.46. The second kappa shape index (κ2) is 8.00. The zero-order valence-corrected chi connectivity index (χ0v) is 11.1. The number of aliphatic hydroxyl groups is 1. The van der Waals surface area contributed by atoms with Crippen LogP contribution < -0.4 is 15.4 Å². The number of para-hydroxylation sites is 2. The van der Waals surface area contributed by atoms with E-state index in [0.29, 0.717) is 18.0 Å². The standard InChI is InChI=1S/C13H18N2O5/c1-2-20-11-6-4-3-5-9(11)14-13(19)15-10(7-8-16)12(17)18/h3-6,10,16H,2,7-8H2,1H3,(H,17,18)(H2,14,15,19)/t10-/m1/s1. The quantitative estimate of drug-likeness (QED) is 0.597. The zero-order chi connectivity index (χ0) is 15.0. The van der Waals surface area contributed by atoms with Gasteiger partial charge in [0.05, 0.1) is 12.3 Å². The molecule has 4 N–H and O–H groups in total. The SMILES string of the molecule is CCOc1ccccc1NC(=O)N[C@H](CCO)C(=O)O. The summed E-state index contributed by atoms with van der Waals surface area (Å²) in [7, 11) is 0. The van der Waals surface area contributed by atoms with Gasteiger partial charge in [-0.2, -0.15) is 0 Å². The van der Waals surface area contributed by atoms with Crippen molar-refractivity contribution < 1.29 is 24.5 Å². The van der Waals surface area contributed by atoms with E-state index in [-0.39, 0.29) is 13.0 Å². The number of carbonyl (C=O) groups is 2. The molecule has 7 nitrogen and oxygen atoms in total. The molecule has 0 aliphatic carbocycles. The van der Waals surface area contributed by atoms with Gasteiger partial charge in [-0.15, -0.1) is 0 Å². The van der Waals surface area contributed by atoms with E-state index < -0.39 is 18.0 Å². The number of rotatable bonds is 7. The van der Waals surface area contributed by atoms with Gasteiger partial charge in [-0.1, -0.05) is 12.1 Å². The first-order valence-corrected chi connectivity index (χ1v) is 6.21. The number of anilines is 1. The van der Waals surface area contributed by atoms with Crippen molar-refractivity contribution in [1.29, 1.82) is 0 Å². The predicted molar refractivity (Wildman–Crippen MR) is 72.9 cm³/mol. The first-order chi connectivity index (χ1) is 9.58. The van der Waals surface area contributed by atoms with E-state index >= 15 is 0 Å². The lowest BCUT2D eigenvalue weighted by Crippen LogP contribution is -2.43. The van der Waals surface area contributed by atoms with Crippen LogP contribution in [0.5, 0.6) is 5.75 Å². The second-order valence-electron chi connectivity index (χ2n) is 3.93. The molecule has 1 rings (SSSR count). The Morgan fingerprint density at radius 2 is 2.05 bits per heavy atom. The van der Waals surface area contributed by atoms with E-state index in [2.05, 4.69) is 10.6 Å². The number of ether oxygens (including phenoxy) is 1. The summed E-state index contributed by atoms with van der Waals surface area (Å²) in [5, 5.41) is 22.4. The Labute approximate surface area is 116 Å². The predicted octanol–water partition coefficient (Wildman–Crippen LogP) is 1.04. The molecule has 0 aliphatic heterocycles. The van der Waals surface area contributed by atoms with E-state index in [9.17, 15) is 9.59 Å². The van der Waals surface area contributed by atoms with Crippen LogP contribution in [0.4, 0.5) is 10.5 Å². The molecule has 0 aromatic heterocycles. The number of carbonyl (C=O) groups excluding carboxylic acids is 1. The van der Waals surface area contributed by atoms with Gasteiger partial charge >= 0.3 is 12.0 Å². The van der Waals surface area contributed by atoms with Crippen LogP contribution in [0.3, 0.4) is 0 Å². The van der Waals surface area contributed by atoms with Gasteiger partial charge in [0, 0.05) is 13.0 Å². The highest BCUT2D eigenvalue weighted by Gasteiger charge is 2.19. The maximum atomic E-state index is 11.7. The van der Waals surface area contributed by atoms with Crippen LogP contribution >= 0.6 is 0 Å². The van der Waals surface area contributed by atoms with Gasteiger partial charge < -0.3 is 25.6 Å². The average Bonchev–Trinajstić information content (AvgIpc) is 2.40. The number of urea groups is 1. The lowest BCUT2D eigenvalue weighted by molar-refractivity contribution is -0.139. The largest absolute Gasteiger partial charge is 0.492 e. The van der Waals surface area contributed by atoms with E-state index in [1.165, 1.54) is 0 Å². The van der Waals surface area contributed by atoms with E-state index in [4.69, 9.17) is 14.9 Å². The molecule has 0 aliphatic rings. The molecule has 110 valence electrons. The van der Waals surface area contributed by atoms with E-state index in [0.717, 1.165) is 0 Å². The molecule has 0 saturated carbocycles. The number of nitrogens with one attached hydrogen (secondary N) is 2. The number of hydrogen-bond donors (Lipinski definition) is 4. The molecule has 2 amide bonds. The lowest BCUT2D eigenvalue weighted by atomic mass is 10.2. The van der Waals surface area contributed by atoms with Crippen LogP contribution in [0.1, 0.15) is 13.3 Å². The number of carboxylic acids is 1. The fraction of sp³-hybridized carbons (Fsp3) is 0.385. The smallest absolute Gasteiger partial charge is 0.326 e. The van der Waals surface area contributed by atoms with Crippen LogP contribution in [-0.4, -0.2) is 41.5 Å². The Hall–Kier alpha value is -2.28. The Balaban J connectivity index is 2.68. The molecule has 20 heavy (non-hydrogen) atoms. The number of aliphatic carboxylic acids is 1. The normalized spacial score (nSPS) is 11.5. The van der Waals surface area contributed by atoms with Crippen molar-refractivity contribution in [1.82, 2.24) is 5.32 Å². The monoisotopic (exact) mass is 282 g/mol. The number of amides is 2. The highest BCUT2D eigenvalue weighted by molar-refractivity contribution is 5.93. The Kier molecular flexibility index (Phi) is 6.31. The molecule has 1 aromatic rings. The number of hydrogen-bond acceptors (Lipinski definition) is 4. The summed E-state index contributed by atoms with van der Waals surface area (Å²) in [5.41, 5.74) is 0.444. The number of benzene rings is 1. The van der Waals surface area contributed by atoms with Crippen LogP contribution in [0.15, 0.2) is 24.3 Å².